The average molecular weight is 573 g/mol. The Balaban J connectivity index is 1.43. The second kappa shape index (κ2) is 11.8. The Kier molecular flexibility index (Phi) is 8.41. The molecule has 0 aliphatic carbocycles. The van der Waals surface area contributed by atoms with Gasteiger partial charge in [-0.1, -0.05) is 32.1 Å². The fourth-order valence-electron chi connectivity index (χ4n) is 5.07. The van der Waals surface area contributed by atoms with Gasteiger partial charge >= 0.3 is 0 Å². The number of carbonyl (C=O) groups is 1. The minimum atomic E-state index is -3.60. The molecule has 1 amide bonds. The number of anilines is 1. The van der Waals surface area contributed by atoms with Gasteiger partial charge in [0.15, 0.2) is 16.6 Å². The maximum atomic E-state index is 13.8. The molecule has 9 nitrogen and oxygen atoms in total. The number of hydrogen-bond donors (Lipinski definition) is 0. The van der Waals surface area contributed by atoms with Crippen molar-refractivity contribution in [1.29, 1.82) is 0 Å². The van der Waals surface area contributed by atoms with E-state index in [-0.39, 0.29) is 10.8 Å². The van der Waals surface area contributed by atoms with E-state index in [1.807, 2.05) is 12.1 Å². The predicted molar refractivity (Wildman–Crippen MR) is 154 cm³/mol. The van der Waals surface area contributed by atoms with Crippen LogP contribution in [0, 0.1) is 5.92 Å². The first-order valence-electron chi connectivity index (χ1n) is 13.6. The molecule has 39 heavy (non-hydrogen) atoms. The van der Waals surface area contributed by atoms with Crippen LogP contribution in [0.15, 0.2) is 41.3 Å². The Morgan fingerprint density at radius 2 is 1.77 bits per heavy atom. The van der Waals surface area contributed by atoms with Gasteiger partial charge in [0.05, 0.1) is 15.1 Å². The number of hydrogen-bond acceptors (Lipinski definition) is 8. The van der Waals surface area contributed by atoms with Crippen LogP contribution in [0.25, 0.3) is 10.2 Å². The molecule has 0 radical (unpaired) electrons. The summed E-state index contributed by atoms with van der Waals surface area (Å²) >= 11 is 1.43. The Morgan fingerprint density at radius 3 is 2.44 bits per heavy atom. The van der Waals surface area contributed by atoms with Crippen LogP contribution < -0.4 is 14.4 Å². The summed E-state index contributed by atoms with van der Waals surface area (Å²) in [7, 11) is -3.60. The van der Waals surface area contributed by atoms with E-state index in [4.69, 9.17) is 14.5 Å². The number of ether oxygens (including phenoxy) is 2. The van der Waals surface area contributed by atoms with Crippen LogP contribution in [0.3, 0.4) is 0 Å². The van der Waals surface area contributed by atoms with E-state index in [9.17, 15) is 13.2 Å². The van der Waals surface area contributed by atoms with E-state index in [1.54, 1.807) is 33.5 Å². The minimum absolute atomic E-state index is 0.214. The highest BCUT2D eigenvalue weighted by Gasteiger charge is 2.29. The van der Waals surface area contributed by atoms with Crippen molar-refractivity contribution in [3.63, 3.8) is 0 Å². The number of benzene rings is 2. The number of aromatic nitrogens is 1. The topological polar surface area (TPSA) is 92.3 Å². The Hall–Kier alpha value is -2.73. The third kappa shape index (κ3) is 5.91. The van der Waals surface area contributed by atoms with Crippen LogP contribution in [0.5, 0.6) is 11.5 Å². The molecule has 1 atom stereocenters. The third-order valence-corrected chi connectivity index (χ3v) is 10.3. The zero-order valence-electron chi connectivity index (χ0n) is 22.8. The smallest absolute Gasteiger partial charge is 0.260 e. The quantitative estimate of drug-likeness (QED) is 0.373. The molecule has 11 heteroatoms. The lowest BCUT2D eigenvalue weighted by Crippen LogP contribution is -2.39. The van der Waals surface area contributed by atoms with Crippen molar-refractivity contribution in [2.45, 2.75) is 38.5 Å². The van der Waals surface area contributed by atoms with E-state index >= 15 is 0 Å². The summed E-state index contributed by atoms with van der Waals surface area (Å²) in [6.07, 6.45) is 1.90. The third-order valence-electron chi connectivity index (χ3n) is 7.41. The summed E-state index contributed by atoms with van der Waals surface area (Å²) in [4.78, 5) is 22.8. The second-order valence-electron chi connectivity index (χ2n) is 10.1. The highest BCUT2D eigenvalue weighted by atomic mass is 32.2. The van der Waals surface area contributed by atoms with E-state index in [0.29, 0.717) is 67.5 Å². The molecule has 0 saturated carbocycles. The lowest BCUT2D eigenvalue weighted by molar-refractivity contribution is 0.0983. The van der Waals surface area contributed by atoms with Crippen molar-refractivity contribution in [3.8, 4) is 11.5 Å². The largest absolute Gasteiger partial charge is 0.486 e. The molecular weight excluding hydrogens is 536 g/mol. The number of thiazole rings is 1. The van der Waals surface area contributed by atoms with Gasteiger partial charge in [0.1, 0.15) is 13.2 Å². The summed E-state index contributed by atoms with van der Waals surface area (Å²) in [6, 6.07) is 10.1. The maximum absolute atomic E-state index is 13.8. The number of nitrogens with zero attached hydrogens (tertiary/aromatic N) is 4. The van der Waals surface area contributed by atoms with Crippen molar-refractivity contribution >= 4 is 42.6 Å². The monoisotopic (exact) mass is 572 g/mol. The molecule has 1 fully saturated rings. The summed E-state index contributed by atoms with van der Waals surface area (Å²) in [6.45, 7) is 11.2. The molecule has 0 spiro atoms. The zero-order chi connectivity index (χ0) is 27.6. The molecule has 5 rings (SSSR count). The minimum Gasteiger partial charge on any atom is -0.486 e. The highest BCUT2D eigenvalue weighted by molar-refractivity contribution is 7.89. The maximum Gasteiger partial charge on any atom is 0.260 e. The number of sulfonamides is 1. The summed E-state index contributed by atoms with van der Waals surface area (Å²) in [5.41, 5.74) is 1.17. The first-order valence-corrected chi connectivity index (χ1v) is 15.9. The lowest BCUT2D eigenvalue weighted by atomic mass is 10.0. The van der Waals surface area contributed by atoms with Crippen LogP contribution in [0.4, 0.5) is 5.13 Å². The Morgan fingerprint density at radius 1 is 1.08 bits per heavy atom. The van der Waals surface area contributed by atoms with Crippen molar-refractivity contribution < 1.29 is 22.7 Å². The molecule has 0 N–H and O–H groups in total. The van der Waals surface area contributed by atoms with E-state index < -0.39 is 10.0 Å². The molecule has 0 bridgehead atoms. The SMILES string of the molecule is CCN(CC)CCN(C(=O)c1ccc(S(=O)(=O)N2CCC[C@H](C)C2)cc1)c1nc2cc3c(cc2s1)OCCO3. The molecule has 2 aliphatic heterocycles. The molecule has 1 aromatic heterocycles. The summed E-state index contributed by atoms with van der Waals surface area (Å²) in [5, 5.41) is 0.587. The van der Waals surface area contributed by atoms with Gasteiger partial charge in [-0.05, 0) is 56.1 Å². The number of fused-ring (bicyclic) bond motifs is 2. The molecule has 0 unspecified atom stereocenters. The van der Waals surface area contributed by atoms with E-state index in [0.717, 1.165) is 36.1 Å². The van der Waals surface area contributed by atoms with Gasteiger partial charge in [-0.15, -0.1) is 0 Å². The highest BCUT2D eigenvalue weighted by Crippen LogP contribution is 2.39. The van der Waals surface area contributed by atoms with Gasteiger partial charge in [-0.25, -0.2) is 13.4 Å². The summed E-state index contributed by atoms with van der Waals surface area (Å²) in [5.74, 6) is 1.47. The van der Waals surface area contributed by atoms with Crippen LogP contribution in [-0.2, 0) is 10.0 Å². The average Bonchev–Trinajstić information content (AvgIpc) is 3.36. The molecule has 3 aromatic rings. The van der Waals surface area contributed by atoms with Crippen molar-refractivity contribution in [2.75, 3.05) is 57.4 Å². The fraction of sp³-hybridized carbons (Fsp3) is 0.500. The van der Waals surface area contributed by atoms with Crippen LogP contribution in [0.2, 0.25) is 0 Å². The van der Waals surface area contributed by atoms with Crippen LogP contribution in [-0.4, -0.2) is 81.0 Å². The lowest BCUT2D eigenvalue weighted by Gasteiger charge is -2.30. The van der Waals surface area contributed by atoms with Gasteiger partial charge in [-0.2, -0.15) is 4.31 Å². The van der Waals surface area contributed by atoms with Gasteiger partial charge in [-0.3, -0.25) is 9.69 Å². The van der Waals surface area contributed by atoms with Crippen molar-refractivity contribution in [2.24, 2.45) is 5.92 Å². The molecule has 3 heterocycles. The van der Waals surface area contributed by atoms with Crippen molar-refractivity contribution in [3.05, 3.63) is 42.0 Å². The van der Waals surface area contributed by atoms with Crippen LogP contribution in [0.1, 0.15) is 44.0 Å². The normalized spacial score (nSPS) is 18.0. The van der Waals surface area contributed by atoms with Gasteiger partial charge in [0.25, 0.3) is 5.91 Å². The standard InChI is InChI=1S/C28H36N4O5S2/c1-4-30(5-2)13-14-32(28-29-23-17-24-25(18-26(23)38-28)37-16-15-36-24)27(33)21-8-10-22(11-9-21)39(34,35)31-12-6-7-20(3)19-31/h8-11,17-18,20H,4-7,12-16,19H2,1-3H3/t20-/m0/s1. The van der Waals surface area contributed by atoms with E-state index in [2.05, 4.69) is 25.7 Å². The molecule has 210 valence electrons. The first-order chi connectivity index (χ1) is 18.8. The number of amides is 1. The fourth-order valence-corrected chi connectivity index (χ4v) is 7.67. The first kappa shape index (κ1) is 27.8. The summed E-state index contributed by atoms with van der Waals surface area (Å²) < 4.78 is 40.3. The number of rotatable bonds is 9. The van der Waals surface area contributed by atoms with Gasteiger partial charge in [0.2, 0.25) is 10.0 Å². The molecule has 2 aromatic carbocycles. The predicted octanol–water partition coefficient (Wildman–Crippen LogP) is 4.48. The number of carbonyl (C=O) groups excluding carboxylic acids is 1. The van der Waals surface area contributed by atoms with Gasteiger partial charge < -0.3 is 14.4 Å². The number of piperidine rings is 1. The Bertz CT molecular complexity index is 1380. The van der Waals surface area contributed by atoms with Gasteiger partial charge in [0, 0.05) is 43.9 Å². The second-order valence-corrected chi connectivity index (χ2v) is 13.0. The zero-order valence-corrected chi connectivity index (χ0v) is 24.4. The van der Waals surface area contributed by atoms with E-state index in [1.165, 1.54) is 11.3 Å². The number of likely N-dealkylation sites (N-methyl/N-ethyl adjacent to an activating group) is 1. The van der Waals surface area contributed by atoms with Crippen molar-refractivity contribution in [1.82, 2.24) is 14.2 Å². The molecule has 1 saturated heterocycles. The molecular formula is C28H36N4O5S2. The molecule has 2 aliphatic rings. The van der Waals surface area contributed by atoms with Crippen LogP contribution >= 0.6 is 11.3 Å². The Labute approximate surface area is 234 Å².